The van der Waals surface area contributed by atoms with Crippen LogP contribution in [-0.4, -0.2) is 46.9 Å². The van der Waals surface area contributed by atoms with Crippen molar-refractivity contribution in [2.75, 3.05) is 20.1 Å². The molecule has 0 aliphatic carbocycles. The summed E-state index contributed by atoms with van der Waals surface area (Å²) in [4.78, 5) is 28.6. The van der Waals surface area contributed by atoms with Crippen LogP contribution in [0.1, 0.15) is 81.4 Å². The number of likely N-dealkylation sites (tertiary alicyclic amines) is 1. The maximum Gasteiger partial charge on any atom is 2.00 e. The number of nitrogens with zero attached hydrogens (tertiary/aromatic N) is 3. The van der Waals surface area contributed by atoms with E-state index in [2.05, 4.69) is 67.0 Å². The Bertz CT molecular complexity index is 1360. The van der Waals surface area contributed by atoms with Crippen molar-refractivity contribution in [3.05, 3.63) is 96.2 Å². The largest absolute Gasteiger partial charge is 2.00 e. The van der Waals surface area contributed by atoms with Crippen molar-refractivity contribution in [1.29, 1.82) is 0 Å². The van der Waals surface area contributed by atoms with E-state index in [0.29, 0.717) is 30.8 Å². The predicted octanol–water partition coefficient (Wildman–Crippen LogP) is 7.47. The van der Waals surface area contributed by atoms with Gasteiger partial charge in [0.05, 0.1) is 11.7 Å². The van der Waals surface area contributed by atoms with E-state index in [1.54, 1.807) is 12.3 Å². The molecule has 0 unspecified atom stereocenters. The first-order valence-electron chi connectivity index (χ1n) is 14.5. The van der Waals surface area contributed by atoms with E-state index in [9.17, 15) is 9.59 Å². The van der Waals surface area contributed by atoms with Crippen LogP contribution in [0.3, 0.4) is 0 Å². The second-order valence-electron chi connectivity index (χ2n) is 10.3. The maximum absolute atomic E-state index is 11.9. The van der Waals surface area contributed by atoms with Crippen molar-refractivity contribution in [3.8, 4) is 11.3 Å². The number of carbonyl (C=O) groups is 2. The summed E-state index contributed by atoms with van der Waals surface area (Å²) in [5, 5.41) is 3.66. The van der Waals surface area contributed by atoms with Crippen LogP contribution < -0.4 is 5.73 Å². The topological polar surface area (TPSA) is 115 Å². The van der Waals surface area contributed by atoms with E-state index < -0.39 is 0 Å². The summed E-state index contributed by atoms with van der Waals surface area (Å²) >= 11 is 0. The Morgan fingerprint density at radius 2 is 1.84 bits per heavy atom. The minimum absolute atomic E-state index is 0. The van der Waals surface area contributed by atoms with Crippen molar-refractivity contribution in [2.45, 2.75) is 67.2 Å². The van der Waals surface area contributed by atoms with Crippen LogP contribution in [0.5, 0.6) is 0 Å². The number of oxazole rings is 1. The number of ketones is 1. The molecule has 1 amide bonds. The second kappa shape index (κ2) is 21.7. The molecule has 0 saturated carbocycles. The minimum Gasteiger partial charge on any atom is -0.488 e. The van der Waals surface area contributed by atoms with E-state index >= 15 is 0 Å². The Balaban J connectivity index is 0.00000132. The molecule has 44 heavy (non-hydrogen) atoms. The van der Waals surface area contributed by atoms with E-state index in [1.807, 2.05) is 39.1 Å². The van der Waals surface area contributed by atoms with Gasteiger partial charge in [0, 0.05) is 38.2 Å². The molecule has 236 valence electrons. The summed E-state index contributed by atoms with van der Waals surface area (Å²) in [6.07, 6.45) is 14.1. The molecule has 9 heteroatoms. The molecule has 1 aliphatic heterocycles. The van der Waals surface area contributed by atoms with E-state index in [1.165, 1.54) is 23.0 Å². The average molecular weight is 827 g/mol. The van der Waals surface area contributed by atoms with Crippen LogP contribution in [-0.2, 0) is 11.2 Å². The van der Waals surface area contributed by atoms with E-state index in [4.69, 9.17) is 14.7 Å². The van der Waals surface area contributed by atoms with Gasteiger partial charge in [0.25, 0.3) is 0 Å². The monoisotopic (exact) mass is 826 g/mol. The SMILES string of the molecule is CC.CC(C)=C(C)/C=C\c1cc(-c2cnc(CC/C=C/CCC(=O)c3ccon3)o2)[c-]cc1C.CN1CC(C(N)=O)C1.[CH3-].[U+2]. The van der Waals surface area contributed by atoms with Gasteiger partial charge in [-0.15, -0.1) is 34.9 Å². The Kier molecular flexibility index (Phi) is 20.2. The Morgan fingerprint density at radius 3 is 2.41 bits per heavy atom. The van der Waals surface area contributed by atoms with Crippen LogP contribution in [0.15, 0.2) is 69.0 Å². The van der Waals surface area contributed by atoms with E-state index in [-0.39, 0.29) is 56.1 Å². The first kappa shape index (κ1) is 41.0. The summed E-state index contributed by atoms with van der Waals surface area (Å²) in [6, 6.07) is 8.94. The number of benzene rings is 1. The molecule has 1 aliphatic rings. The van der Waals surface area contributed by atoms with Crippen molar-refractivity contribution in [1.82, 2.24) is 15.0 Å². The summed E-state index contributed by atoms with van der Waals surface area (Å²) in [7, 11) is 1.97. The zero-order valence-electron chi connectivity index (χ0n) is 27.6. The number of carbonyl (C=O) groups excluding carboxylic acids is 2. The number of hydrogen-bond acceptors (Lipinski definition) is 7. The standard InChI is InChI=1S/C27H29N2O3.C5H10N2O.C2H6.CH3.U/c1-19(2)20(3)11-13-22-17-23(14-12-21(22)4)26-18-28-27(32-26)10-8-6-5-7-9-25(30)24-15-16-31-29-24;1-7-2-4(3-7)5(6)8;1-2;;/h5-6,11-13,15-18H,7-10H2,1-4H3;4H,2-3H2,1H3,(H2,6,8);1-2H3;1H3;/q-1;;;-1;+2/b6-5+,13-11-;;;;. The third kappa shape index (κ3) is 13.8. The van der Waals surface area contributed by atoms with Crippen LogP contribution >= 0.6 is 0 Å². The van der Waals surface area contributed by atoms with Crippen LogP contribution in [0.4, 0.5) is 0 Å². The van der Waals surface area contributed by atoms with Gasteiger partial charge in [0.15, 0.2) is 11.7 Å². The van der Waals surface area contributed by atoms with Gasteiger partial charge in [0.1, 0.15) is 12.0 Å². The molecule has 3 aromatic rings. The maximum atomic E-state index is 11.9. The van der Waals surface area contributed by atoms with Crippen molar-refractivity contribution in [3.63, 3.8) is 0 Å². The van der Waals surface area contributed by atoms with Gasteiger partial charge in [-0.05, 0) is 40.7 Å². The number of allylic oxidation sites excluding steroid dienone is 5. The molecule has 2 aromatic heterocycles. The molecule has 3 heterocycles. The number of aryl methyl sites for hydroxylation is 2. The molecule has 1 aromatic carbocycles. The third-order valence-corrected chi connectivity index (χ3v) is 6.74. The zero-order chi connectivity index (χ0) is 31.1. The Labute approximate surface area is 287 Å². The fraction of sp³-hybridized carbons (Fsp3) is 0.400. The molecule has 0 radical (unpaired) electrons. The number of aromatic nitrogens is 2. The zero-order valence-corrected chi connectivity index (χ0v) is 31.7. The van der Waals surface area contributed by atoms with Gasteiger partial charge in [-0.3, -0.25) is 9.59 Å². The number of primary amides is 1. The van der Waals surface area contributed by atoms with Gasteiger partial charge in [-0.1, -0.05) is 61.4 Å². The van der Waals surface area contributed by atoms with Crippen molar-refractivity contribution in [2.24, 2.45) is 11.7 Å². The molecule has 2 N–H and O–H groups in total. The number of rotatable bonds is 11. The molecule has 0 spiro atoms. The fourth-order valence-electron chi connectivity index (χ4n) is 3.85. The smallest absolute Gasteiger partial charge is 0.488 e. The van der Waals surface area contributed by atoms with Crippen LogP contribution in [0.25, 0.3) is 17.4 Å². The summed E-state index contributed by atoms with van der Waals surface area (Å²) in [5.74, 6) is 1.36. The molecule has 0 bridgehead atoms. The molecular weight excluding hydrogens is 778 g/mol. The molecule has 1 fully saturated rings. The summed E-state index contributed by atoms with van der Waals surface area (Å²) in [6.45, 7) is 14.1. The molecule has 0 atom stereocenters. The summed E-state index contributed by atoms with van der Waals surface area (Å²) in [5.41, 5.74) is 11.1. The Morgan fingerprint density at radius 1 is 1.16 bits per heavy atom. The van der Waals surface area contributed by atoms with Crippen LogP contribution in [0.2, 0.25) is 0 Å². The Hall–Kier alpha value is -2.99. The number of nitrogens with two attached hydrogens (primary N) is 1. The molecule has 1 saturated heterocycles. The third-order valence-electron chi connectivity index (χ3n) is 6.74. The molecule has 4 rings (SSSR count). The predicted molar refractivity (Wildman–Crippen MR) is 174 cm³/mol. The molecule has 8 nitrogen and oxygen atoms in total. The number of Topliss-reactive ketones (excluding diaryl/α,β-unsaturated/α-hetero) is 1. The van der Waals surface area contributed by atoms with Gasteiger partial charge >= 0.3 is 31.1 Å². The van der Waals surface area contributed by atoms with Gasteiger partial charge < -0.3 is 27.0 Å². The average Bonchev–Trinajstić information content (AvgIpc) is 3.67. The first-order valence-corrected chi connectivity index (χ1v) is 14.5. The number of amides is 1. The number of hydrogen-bond donors (Lipinski definition) is 1. The van der Waals surface area contributed by atoms with Crippen LogP contribution in [0, 0.1) is 57.4 Å². The van der Waals surface area contributed by atoms with Crippen molar-refractivity contribution < 1.29 is 49.6 Å². The van der Waals surface area contributed by atoms with E-state index in [0.717, 1.165) is 36.4 Å². The fourth-order valence-corrected chi connectivity index (χ4v) is 3.85. The molecular formula is C35H48N4O4U. The quantitative estimate of drug-likeness (QED) is 0.0924. The van der Waals surface area contributed by atoms with Gasteiger partial charge in [-0.2, -0.15) is 0 Å². The van der Waals surface area contributed by atoms with Crippen molar-refractivity contribution >= 4 is 17.8 Å². The second-order valence-corrected chi connectivity index (χ2v) is 10.3. The van der Waals surface area contributed by atoms with Gasteiger partial charge in [0.2, 0.25) is 5.91 Å². The first-order chi connectivity index (χ1) is 20.1. The summed E-state index contributed by atoms with van der Waals surface area (Å²) < 4.78 is 10.6. The minimum atomic E-state index is -0.164. The normalized spacial score (nSPS) is 12.6. The van der Waals surface area contributed by atoms with Gasteiger partial charge in [-0.25, -0.2) is 4.98 Å².